The van der Waals surface area contributed by atoms with Gasteiger partial charge in [-0.05, 0) is 31.8 Å². The number of carbonyl (C=O) groups is 1. The molecule has 1 unspecified atom stereocenters. The third-order valence-electron chi connectivity index (χ3n) is 3.17. The lowest BCUT2D eigenvalue weighted by atomic mass is 10.0. The molecule has 1 amide bonds. The molecule has 0 fully saturated rings. The summed E-state index contributed by atoms with van der Waals surface area (Å²) in [5, 5.41) is 2.81. The van der Waals surface area contributed by atoms with Gasteiger partial charge in [0.2, 0.25) is 5.91 Å². The number of rotatable bonds is 9. The summed E-state index contributed by atoms with van der Waals surface area (Å²) in [5.41, 5.74) is 0. The van der Waals surface area contributed by atoms with Crippen LogP contribution >= 0.6 is 0 Å². The third-order valence-corrected chi connectivity index (χ3v) is 3.17. The van der Waals surface area contributed by atoms with E-state index in [-0.39, 0.29) is 5.91 Å². The van der Waals surface area contributed by atoms with Crippen LogP contribution in [-0.4, -0.2) is 44.1 Å². The monoisotopic (exact) mass is 241 g/mol. The molecule has 3 nitrogen and oxygen atoms in total. The maximum Gasteiger partial charge on any atom is 0.243 e. The van der Waals surface area contributed by atoms with Crippen molar-refractivity contribution in [3.63, 3.8) is 0 Å². The first-order chi connectivity index (χ1) is 7.91. The molecular weight excluding hydrogens is 212 g/mol. The van der Waals surface area contributed by atoms with E-state index in [1.807, 2.05) is 0 Å². The van der Waals surface area contributed by atoms with Crippen LogP contribution in [0.15, 0.2) is 12.7 Å². The zero-order chi connectivity index (χ0) is 13.3. The molecule has 17 heavy (non-hydrogen) atoms. The molecule has 0 aromatic heterocycles. The summed E-state index contributed by atoms with van der Waals surface area (Å²) in [6, 6.07) is 0.732. The van der Waals surface area contributed by atoms with Crippen LogP contribution in [0.4, 0.5) is 0 Å². The van der Waals surface area contributed by atoms with Gasteiger partial charge < -0.3 is 9.80 Å². The summed E-state index contributed by atoms with van der Waals surface area (Å²) in [6.07, 6.45) is 7.32. The van der Waals surface area contributed by atoms with Crippen molar-refractivity contribution in [2.24, 2.45) is 0 Å². The molecule has 0 aliphatic rings. The highest BCUT2D eigenvalue weighted by atomic mass is 16.1. The molecule has 0 radical (unpaired) electrons. The van der Waals surface area contributed by atoms with Crippen LogP contribution in [0.1, 0.15) is 39.0 Å². The van der Waals surface area contributed by atoms with Gasteiger partial charge in [-0.25, -0.2) is 0 Å². The summed E-state index contributed by atoms with van der Waals surface area (Å²) < 4.78 is 1.03. The summed E-state index contributed by atoms with van der Waals surface area (Å²) in [4.78, 5) is 10.9. The van der Waals surface area contributed by atoms with Gasteiger partial charge in [-0.2, -0.15) is 0 Å². The predicted molar refractivity (Wildman–Crippen MR) is 73.8 cm³/mol. The largest absolute Gasteiger partial charge is 0.353 e. The molecule has 0 saturated carbocycles. The minimum atomic E-state index is -0.0679. The van der Waals surface area contributed by atoms with Crippen LogP contribution in [0.25, 0.3) is 0 Å². The van der Waals surface area contributed by atoms with Gasteiger partial charge in [0, 0.05) is 6.54 Å². The molecule has 0 aliphatic heterocycles. The van der Waals surface area contributed by atoms with E-state index >= 15 is 0 Å². The zero-order valence-electron chi connectivity index (χ0n) is 12.0. The molecule has 0 aromatic carbocycles. The van der Waals surface area contributed by atoms with Crippen LogP contribution in [0.2, 0.25) is 0 Å². The van der Waals surface area contributed by atoms with E-state index in [0.29, 0.717) is 0 Å². The van der Waals surface area contributed by atoms with E-state index in [1.54, 1.807) is 0 Å². The Labute approximate surface area is 106 Å². The van der Waals surface area contributed by atoms with E-state index in [1.165, 1.54) is 31.8 Å². The fourth-order valence-electron chi connectivity index (χ4n) is 2.04. The first-order valence-electron chi connectivity index (χ1n) is 6.63. The number of amides is 1. The summed E-state index contributed by atoms with van der Waals surface area (Å²) >= 11 is 0. The lowest BCUT2D eigenvalue weighted by Gasteiger charge is -2.34. The van der Waals surface area contributed by atoms with E-state index in [4.69, 9.17) is 0 Å². The Morgan fingerprint density at radius 1 is 1.29 bits per heavy atom. The number of hydrogen-bond donors (Lipinski definition) is 1. The molecule has 0 aromatic rings. The number of hydrogen-bond acceptors (Lipinski definition) is 1. The Bertz CT molecular complexity index is 231. The molecule has 1 N–H and O–H groups in total. The van der Waals surface area contributed by atoms with E-state index in [2.05, 4.69) is 40.0 Å². The maximum atomic E-state index is 10.9. The molecule has 3 heteroatoms. The van der Waals surface area contributed by atoms with Crippen molar-refractivity contribution in [1.29, 1.82) is 0 Å². The van der Waals surface area contributed by atoms with Crippen molar-refractivity contribution >= 4 is 5.91 Å². The molecule has 0 rings (SSSR count). The Morgan fingerprint density at radius 3 is 2.41 bits per heavy atom. The van der Waals surface area contributed by atoms with E-state index < -0.39 is 0 Å². The number of quaternary nitrogens is 1. The highest BCUT2D eigenvalue weighted by Gasteiger charge is 2.21. The Morgan fingerprint density at radius 2 is 1.94 bits per heavy atom. The van der Waals surface area contributed by atoms with E-state index in [0.717, 1.165) is 23.5 Å². The van der Waals surface area contributed by atoms with Gasteiger partial charge >= 0.3 is 0 Å². The predicted octanol–water partition coefficient (Wildman–Crippen LogP) is 2.33. The first kappa shape index (κ1) is 16.2. The Balaban J connectivity index is 3.76. The van der Waals surface area contributed by atoms with Gasteiger partial charge in [-0.3, -0.25) is 4.79 Å². The molecule has 0 bridgehead atoms. The Kier molecular flexibility index (Phi) is 7.88. The molecule has 0 heterocycles. The lowest BCUT2D eigenvalue weighted by Crippen LogP contribution is -2.45. The average Bonchev–Trinajstić information content (AvgIpc) is 2.25. The topological polar surface area (TPSA) is 29.1 Å². The second kappa shape index (κ2) is 8.29. The zero-order valence-corrected chi connectivity index (χ0v) is 12.0. The second-order valence-electron chi connectivity index (χ2n) is 5.55. The van der Waals surface area contributed by atoms with Crippen molar-refractivity contribution in [2.45, 2.75) is 45.1 Å². The van der Waals surface area contributed by atoms with Crippen LogP contribution in [0, 0.1) is 0 Å². The molecule has 0 spiro atoms. The van der Waals surface area contributed by atoms with Crippen LogP contribution in [0.5, 0.6) is 0 Å². The summed E-state index contributed by atoms with van der Waals surface area (Å²) in [5.74, 6) is -0.0679. The van der Waals surface area contributed by atoms with Crippen LogP contribution in [-0.2, 0) is 4.79 Å². The standard InChI is InChI=1S/C14H28N2O/c1-6-10-13(16(3,4)5)11-8-9-12-15-14(17)7-2/h7,13H,2,6,8-12H2,1,3-5H3/p+1. The van der Waals surface area contributed by atoms with Gasteiger partial charge in [-0.15, -0.1) is 0 Å². The number of nitrogens with one attached hydrogen (secondary N) is 1. The van der Waals surface area contributed by atoms with Crippen molar-refractivity contribution in [3.05, 3.63) is 12.7 Å². The highest BCUT2D eigenvalue weighted by Crippen LogP contribution is 2.16. The third kappa shape index (κ3) is 7.97. The van der Waals surface area contributed by atoms with Crippen LogP contribution < -0.4 is 5.32 Å². The fraction of sp³-hybridized carbons (Fsp3) is 0.786. The van der Waals surface area contributed by atoms with Gasteiger partial charge in [0.25, 0.3) is 0 Å². The lowest BCUT2D eigenvalue weighted by molar-refractivity contribution is -0.896. The number of unbranched alkanes of at least 4 members (excludes halogenated alkanes) is 1. The maximum absolute atomic E-state index is 10.9. The van der Waals surface area contributed by atoms with Gasteiger partial charge in [0.15, 0.2) is 0 Å². The number of nitrogens with zero attached hydrogens (tertiary/aromatic N) is 1. The summed E-state index contributed by atoms with van der Waals surface area (Å²) in [6.45, 7) is 6.44. The van der Waals surface area contributed by atoms with Crippen molar-refractivity contribution in [3.8, 4) is 0 Å². The minimum absolute atomic E-state index is 0.0679. The van der Waals surface area contributed by atoms with Crippen LogP contribution in [0.3, 0.4) is 0 Å². The highest BCUT2D eigenvalue weighted by molar-refractivity contribution is 5.86. The minimum Gasteiger partial charge on any atom is -0.353 e. The van der Waals surface area contributed by atoms with Gasteiger partial charge in [0.05, 0.1) is 27.2 Å². The molecule has 1 atom stereocenters. The molecule has 0 saturated heterocycles. The van der Waals surface area contributed by atoms with Crippen molar-refractivity contribution in [1.82, 2.24) is 5.32 Å². The summed E-state index contributed by atoms with van der Waals surface area (Å²) in [7, 11) is 6.79. The smallest absolute Gasteiger partial charge is 0.243 e. The number of carbonyl (C=O) groups excluding carboxylic acids is 1. The molecule has 100 valence electrons. The Hall–Kier alpha value is -0.830. The SMILES string of the molecule is C=CC(=O)NCCCCC(CCC)[N+](C)(C)C. The average molecular weight is 241 g/mol. The molecule has 0 aliphatic carbocycles. The quantitative estimate of drug-likeness (QED) is 0.375. The second-order valence-corrected chi connectivity index (χ2v) is 5.55. The molecular formula is C14H29N2O+. The van der Waals surface area contributed by atoms with Crippen molar-refractivity contribution < 1.29 is 9.28 Å². The van der Waals surface area contributed by atoms with E-state index in [9.17, 15) is 4.79 Å². The van der Waals surface area contributed by atoms with Gasteiger partial charge in [0.1, 0.15) is 0 Å². The first-order valence-corrected chi connectivity index (χ1v) is 6.63. The fourth-order valence-corrected chi connectivity index (χ4v) is 2.04. The normalized spacial score (nSPS) is 13.2. The van der Waals surface area contributed by atoms with Crippen molar-refractivity contribution in [2.75, 3.05) is 27.7 Å². The van der Waals surface area contributed by atoms with Gasteiger partial charge in [-0.1, -0.05) is 19.9 Å².